The van der Waals surface area contributed by atoms with Crippen molar-refractivity contribution in [2.75, 3.05) is 0 Å². The molecule has 8 aromatic rings. The molecule has 0 N–H and O–H groups in total. The standard InChI is InChI=1S/C20H12.C12H4N4.C10H8/c1-5-13-6-2-11-17-18-12-4-8-14-7-3-10-16(20(14)18)15(9-1)19(13)17;13-5-11(6-14)9-1-2-10(4-3-9)12(7-15)8-16;1-2-6-10-8-4-3-7-9(10)5-1/h1-12H;1-4H;1-8H. The van der Waals surface area contributed by atoms with Crippen LogP contribution in [0.3, 0.4) is 0 Å². The zero-order valence-corrected chi connectivity index (χ0v) is 24.6. The Balaban J connectivity index is 0.000000128. The number of benzene rings is 8. The maximum absolute atomic E-state index is 8.63. The highest BCUT2D eigenvalue weighted by molar-refractivity contribution is 6.32. The number of hydrogen-bond donors (Lipinski definition) is 0. The summed E-state index contributed by atoms with van der Waals surface area (Å²) in [4.78, 5) is 0. The van der Waals surface area contributed by atoms with Crippen LogP contribution in [0.4, 0.5) is 0 Å². The van der Waals surface area contributed by atoms with Gasteiger partial charge in [0, 0.05) is 10.4 Å². The van der Waals surface area contributed by atoms with Gasteiger partial charge in [0.2, 0.25) is 0 Å². The van der Waals surface area contributed by atoms with Crippen molar-refractivity contribution >= 4 is 65.0 Å². The van der Waals surface area contributed by atoms with Crippen molar-refractivity contribution in [2.24, 2.45) is 0 Å². The van der Waals surface area contributed by atoms with E-state index in [9.17, 15) is 0 Å². The summed E-state index contributed by atoms with van der Waals surface area (Å²) in [5, 5.41) is 49.0. The zero-order chi connectivity index (χ0) is 31.9. The summed E-state index contributed by atoms with van der Waals surface area (Å²) in [6.07, 6.45) is 0. The molecule has 0 aliphatic carbocycles. The van der Waals surface area contributed by atoms with E-state index in [1.165, 1.54) is 78.1 Å². The van der Waals surface area contributed by atoms with Crippen molar-refractivity contribution in [3.8, 4) is 24.3 Å². The summed E-state index contributed by atoms with van der Waals surface area (Å²) in [5.41, 5.74) is 0.00373. The van der Waals surface area contributed by atoms with Gasteiger partial charge in [-0.25, -0.2) is 0 Å². The second kappa shape index (κ2) is 13.1. The Bertz CT molecular complexity index is 2340. The molecule has 8 aromatic carbocycles. The third kappa shape index (κ3) is 5.55. The number of hydrogen-bond acceptors (Lipinski definition) is 4. The van der Waals surface area contributed by atoms with Crippen molar-refractivity contribution in [3.05, 3.63) is 156 Å². The van der Waals surface area contributed by atoms with Gasteiger partial charge in [0.15, 0.2) is 0 Å². The molecule has 0 saturated carbocycles. The molecule has 4 nitrogen and oxygen atoms in total. The Hall–Kier alpha value is -6.98. The van der Waals surface area contributed by atoms with Crippen LogP contribution >= 0.6 is 0 Å². The second-order valence-corrected chi connectivity index (χ2v) is 10.5. The van der Waals surface area contributed by atoms with Crippen LogP contribution in [0.1, 0.15) is 0 Å². The lowest BCUT2D eigenvalue weighted by molar-refractivity contribution is 1.46. The Morgan fingerprint density at radius 2 is 0.565 bits per heavy atom. The van der Waals surface area contributed by atoms with E-state index in [0.29, 0.717) is 10.4 Å². The monoisotopic (exact) mass is 584 g/mol. The third-order valence-electron chi connectivity index (χ3n) is 7.96. The first-order valence-electron chi connectivity index (χ1n) is 14.6. The van der Waals surface area contributed by atoms with E-state index >= 15 is 0 Å². The Morgan fingerprint density at radius 1 is 0.304 bits per heavy atom. The van der Waals surface area contributed by atoms with Crippen molar-refractivity contribution in [2.45, 2.75) is 0 Å². The molecule has 46 heavy (non-hydrogen) atoms. The first-order valence-corrected chi connectivity index (χ1v) is 14.6. The summed E-state index contributed by atoms with van der Waals surface area (Å²) >= 11 is 0. The number of nitrogens with zero attached hydrogens (tertiary/aromatic N) is 4. The minimum absolute atomic E-state index is 0.00187. The van der Waals surface area contributed by atoms with Crippen molar-refractivity contribution < 1.29 is 0 Å². The minimum Gasteiger partial charge on any atom is -0.192 e. The van der Waals surface area contributed by atoms with Gasteiger partial charge in [0.1, 0.15) is 35.4 Å². The van der Waals surface area contributed by atoms with E-state index in [-0.39, 0.29) is 11.1 Å². The average molecular weight is 585 g/mol. The van der Waals surface area contributed by atoms with Gasteiger partial charge in [-0.05, 0) is 53.9 Å². The van der Waals surface area contributed by atoms with Crippen molar-refractivity contribution in [1.82, 2.24) is 0 Å². The van der Waals surface area contributed by atoms with E-state index in [1.807, 2.05) is 0 Å². The molecule has 0 bridgehead atoms. The molecular formula is C42H24N4. The molecule has 0 atom stereocenters. The molecule has 0 heterocycles. The van der Waals surface area contributed by atoms with Gasteiger partial charge in [-0.2, -0.15) is 21.0 Å². The van der Waals surface area contributed by atoms with E-state index in [0.717, 1.165) is 0 Å². The SMILES string of the molecule is N#CC(C#N)=c1ccc(=C(C#N)C#N)cc1.c1cc2cccc3c4cccc5cccc(c(c1)c23)c54.c1ccc2ccccc2c1. The molecule has 8 rings (SSSR count). The van der Waals surface area contributed by atoms with Crippen LogP contribution in [-0.2, 0) is 0 Å². The molecule has 0 aliphatic rings. The number of fused-ring (bicyclic) bond motifs is 3. The molecular weight excluding hydrogens is 560 g/mol. The molecule has 0 unspecified atom stereocenters. The largest absolute Gasteiger partial charge is 0.192 e. The van der Waals surface area contributed by atoms with Crippen LogP contribution in [0.15, 0.2) is 146 Å². The lowest BCUT2D eigenvalue weighted by Crippen LogP contribution is -2.11. The maximum atomic E-state index is 8.63. The molecule has 0 saturated heterocycles. The Labute approximate surface area is 265 Å². The fourth-order valence-electron chi connectivity index (χ4n) is 5.82. The first-order chi connectivity index (χ1) is 22.7. The van der Waals surface area contributed by atoms with Gasteiger partial charge < -0.3 is 0 Å². The number of nitriles is 4. The summed E-state index contributed by atoms with van der Waals surface area (Å²) in [6, 6.07) is 56.3. The van der Waals surface area contributed by atoms with Gasteiger partial charge in [-0.3, -0.25) is 0 Å². The summed E-state index contributed by atoms with van der Waals surface area (Å²) in [5.74, 6) is 0. The van der Waals surface area contributed by atoms with Crippen LogP contribution in [0.5, 0.6) is 0 Å². The predicted octanol–water partition coefficient (Wildman–Crippen LogP) is 8.66. The highest BCUT2D eigenvalue weighted by atomic mass is 14.3. The average Bonchev–Trinajstić information content (AvgIpc) is 3.13. The van der Waals surface area contributed by atoms with E-state index in [4.69, 9.17) is 21.0 Å². The number of rotatable bonds is 0. The fraction of sp³-hybridized carbons (Fsp3) is 0. The van der Waals surface area contributed by atoms with Gasteiger partial charge in [0.25, 0.3) is 0 Å². The predicted molar refractivity (Wildman–Crippen MR) is 187 cm³/mol. The molecule has 0 amide bonds. The van der Waals surface area contributed by atoms with E-state index in [2.05, 4.69) is 121 Å². The normalized spacial score (nSPS) is 10.1. The molecule has 0 aliphatic heterocycles. The van der Waals surface area contributed by atoms with Crippen LogP contribution in [-0.4, -0.2) is 0 Å². The zero-order valence-electron chi connectivity index (χ0n) is 24.6. The summed E-state index contributed by atoms with van der Waals surface area (Å²) in [7, 11) is 0. The van der Waals surface area contributed by atoms with Gasteiger partial charge >= 0.3 is 0 Å². The van der Waals surface area contributed by atoms with Gasteiger partial charge in [-0.15, -0.1) is 0 Å². The Kier molecular flexibility index (Phi) is 8.30. The Morgan fingerprint density at radius 3 is 0.826 bits per heavy atom. The van der Waals surface area contributed by atoms with Gasteiger partial charge in [0.05, 0.1) is 0 Å². The highest BCUT2D eigenvalue weighted by Crippen LogP contribution is 2.39. The second-order valence-electron chi connectivity index (χ2n) is 10.5. The van der Waals surface area contributed by atoms with Crippen molar-refractivity contribution in [3.63, 3.8) is 0 Å². The van der Waals surface area contributed by atoms with Crippen LogP contribution in [0, 0.1) is 45.3 Å². The summed E-state index contributed by atoms with van der Waals surface area (Å²) in [6.45, 7) is 0. The molecule has 0 radical (unpaired) electrons. The first kappa shape index (κ1) is 29.1. The third-order valence-corrected chi connectivity index (χ3v) is 7.96. The molecule has 4 heteroatoms. The maximum Gasteiger partial charge on any atom is 0.136 e. The minimum atomic E-state index is 0.00187. The van der Waals surface area contributed by atoms with Gasteiger partial charge in [-0.1, -0.05) is 146 Å². The van der Waals surface area contributed by atoms with Crippen LogP contribution in [0.2, 0.25) is 0 Å². The fourth-order valence-corrected chi connectivity index (χ4v) is 5.82. The summed E-state index contributed by atoms with van der Waals surface area (Å²) < 4.78 is 0. The van der Waals surface area contributed by atoms with Crippen molar-refractivity contribution in [1.29, 1.82) is 21.0 Å². The lowest BCUT2D eigenvalue weighted by atomic mass is 9.90. The molecule has 0 fully saturated rings. The van der Waals surface area contributed by atoms with E-state index < -0.39 is 0 Å². The molecule has 0 spiro atoms. The quantitative estimate of drug-likeness (QED) is 0.132. The smallest absolute Gasteiger partial charge is 0.136 e. The topological polar surface area (TPSA) is 95.2 Å². The lowest BCUT2D eigenvalue weighted by Gasteiger charge is -2.13. The van der Waals surface area contributed by atoms with Crippen LogP contribution in [0.25, 0.3) is 65.0 Å². The molecule has 212 valence electrons. The molecule has 0 aromatic heterocycles. The van der Waals surface area contributed by atoms with Crippen LogP contribution < -0.4 is 10.4 Å². The van der Waals surface area contributed by atoms with E-state index in [1.54, 1.807) is 24.3 Å². The highest BCUT2D eigenvalue weighted by Gasteiger charge is 2.11.